The van der Waals surface area contributed by atoms with Crippen LogP contribution in [0.3, 0.4) is 0 Å². The summed E-state index contributed by atoms with van der Waals surface area (Å²) in [5, 5.41) is 6.89. The smallest absolute Gasteiger partial charge is 0.323 e. The van der Waals surface area contributed by atoms with Gasteiger partial charge in [-0.2, -0.15) is 23.0 Å². The highest BCUT2D eigenvalue weighted by Crippen LogP contribution is 2.54. The van der Waals surface area contributed by atoms with Crippen LogP contribution in [-0.2, 0) is 19.0 Å². The SMILES string of the molecule is O=C(N1CC2(CC(n3cnc(C(F)(F)F)n3)C2)C1)N1CC2(CN(Cc3cnn(C(F)(F)F)c3)C2)C1. The lowest BCUT2D eigenvalue weighted by atomic mass is 9.60. The zero-order valence-corrected chi connectivity index (χ0v) is 18.4. The minimum atomic E-state index is -4.56. The average Bonchev–Trinajstić information content (AvgIpc) is 3.29. The standard InChI is InChI=1S/C20H22F6N8O/c21-19(22,23)15-27-12-33(29-15)14-1-17(2-14)8-31(9-17)16(35)32-10-18(11-32)6-30(7-18)4-13-3-28-34(5-13)20(24,25)26/h3,5,12,14H,1-2,4,6-11H2. The maximum atomic E-state index is 12.8. The van der Waals surface area contributed by atoms with Crippen molar-refractivity contribution in [1.82, 2.24) is 39.2 Å². The molecular formula is C20H22F6N8O. The number of rotatable bonds is 3. The van der Waals surface area contributed by atoms with Gasteiger partial charge >= 0.3 is 18.5 Å². The van der Waals surface area contributed by atoms with E-state index in [0.717, 1.165) is 25.6 Å². The van der Waals surface area contributed by atoms with Gasteiger partial charge in [0.25, 0.3) is 5.82 Å². The molecule has 2 amide bonds. The number of nitrogens with zero attached hydrogens (tertiary/aromatic N) is 8. The third kappa shape index (κ3) is 3.83. The highest BCUT2D eigenvalue weighted by molar-refractivity contribution is 5.77. The predicted molar refractivity (Wildman–Crippen MR) is 106 cm³/mol. The third-order valence-electron chi connectivity index (χ3n) is 7.54. The molecule has 0 bridgehead atoms. The first-order chi connectivity index (χ1) is 16.3. The summed E-state index contributed by atoms with van der Waals surface area (Å²) in [7, 11) is 0. The van der Waals surface area contributed by atoms with E-state index in [4.69, 9.17) is 0 Å². The molecule has 15 heteroatoms. The van der Waals surface area contributed by atoms with E-state index in [2.05, 4.69) is 15.2 Å². The number of amides is 2. The van der Waals surface area contributed by atoms with Crippen LogP contribution in [0.5, 0.6) is 0 Å². The molecule has 6 rings (SSSR count). The van der Waals surface area contributed by atoms with Crippen LogP contribution >= 0.6 is 0 Å². The van der Waals surface area contributed by atoms with Gasteiger partial charge in [0.05, 0.1) is 12.2 Å². The zero-order valence-electron chi connectivity index (χ0n) is 18.4. The number of halogens is 6. The molecule has 2 aromatic heterocycles. The summed E-state index contributed by atoms with van der Waals surface area (Å²) in [6, 6.07) is -0.165. The second-order valence-corrected chi connectivity index (χ2v) is 10.5. The number of hydrogen-bond acceptors (Lipinski definition) is 5. The Morgan fingerprint density at radius 1 is 0.971 bits per heavy atom. The molecule has 1 saturated carbocycles. The molecule has 2 spiro atoms. The van der Waals surface area contributed by atoms with Crippen molar-refractivity contribution in [2.75, 3.05) is 39.3 Å². The summed E-state index contributed by atoms with van der Waals surface area (Å²) in [5.74, 6) is -1.14. The number of likely N-dealkylation sites (tertiary alicyclic amines) is 3. The summed E-state index contributed by atoms with van der Waals surface area (Å²) in [4.78, 5) is 21.7. The normalized spacial score (nSPS) is 23.7. The molecule has 3 saturated heterocycles. The summed E-state index contributed by atoms with van der Waals surface area (Å²) in [6.07, 6.45) is -4.42. The largest absolute Gasteiger partial charge is 0.504 e. The Bertz CT molecular complexity index is 1130. The highest BCUT2D eigenvalue weighted by Gasteiger charge is 2.58. The van der Waals surface area contributed by atoms with Gasteiger partial charge < -0.3 is 9.80 Å². The Kier molecular flexibility index (Phi) is 4.59. The first-order valence-corrected chi connectivity index (χ1v) is 11.2. The Hall–Kier alpha value is -2.84. The van der Waals surface area contributed by atoms with Crippen molar-refractivity contribution in [3.63, 3.8) is 0 Å². The van der Waals surface area contributed by atoms with Crippen LogP contribution in [0.1, 0.15) is 30.3 Å². The second-order valence-electron chi connectivity index (χ2n) is 10.5. The van der Waals surface area contributed by atoms with Gasteiger partial charge in [-0.15, -0.1) is 18.3 Å². The minimum Gasteiger partial charge on any atom is -0.323 e. The van der Waals surface area contributed by atoms with Crippen molar-refractivity contribution < 1.29 is 31.1 Å². The topological polar surface area (TPSA) is 75.3 Å². The maximum absolute atomic E-state index is 12.8. The van der Waals surface area contributed by atoms with Crippen LogP contribution in [0.4, 0.5) is 31.1 Å². The number of carbonyl (C=O) groups is 1. The second kappa shape index (κ2) is 7.11. The number of urea groups is 1. The van der Waals surface area contributed by atoms with Gasteiger partial charge in [-0.1, -0.05) is 0 Å². The van der Waals surface area contributed by atoms with Gasteiger partial charge in [0.15, 0.2) is 0 Å². The van der Waals surface area contributed by atoms with E-state index in [9.17, 15) is 31.1 Å². The quantitative estimate of drug-likeness (QED) is 0.601. The predicted octanol–water partition coefficient (Wildman–Crippen LogP) is 2.54. The van der Waals surface area contributed by atoms with E-state index in [1.165, 1.54) is 10.9 Å². The Morgan fingerprint density at radius 2 is 1.60 bits per heavy atom. The van der Waals surface area contributed by atoms with Crippen molar-refractivity contribution in [1.29, 1.82) is 0 Å². The molecule has 0 atom stereocenters. The number of aromatic nitrogens is 5. The Labute approximate surface area is 195 Å². The van der Waals surface area contributed by atoms with Crippen LogP contribution in [0.25, 0.3) is 0 Å². The number of carbonyl (C=O) groups excluding carboxylic acids is 1. The van der Waals surface area contributed by atoms with Crippen molar-refractivity contribution in [2.45, 2.75) is 37.9 Å². The lowest BCUT2D eigenvalue weighted by molar-refractivity contribution is -0.212. The zero-order chi connectivity index (χ0) is 24.8. The molecule has 35 heavy (non-hydrogen) atoms. The molecule has 0 unspecified atom stereocenters. The van der Waals surface area contributed by atoms with Crippen LogP contribution in [-0.4, -0.2) is 84.5 Å². The maximum Gasteiger partial charge on any atom is 0.504 e. The lowest BCUT2D eigenvalue weighted by Crippen LogP contribution is -2.75. The first kappa shape index (κ1) is 22.6. The fourth-order valence-electron chi connectivity index (χ4n) is 6.02. The fraction of sp³-hybridized carbons (Fsp3) is 0.700. The van der Waals surface area contributed by atoms with Gasteiger partial charge in [-0.25, -0.2) is 14.5 Å². The van der Waals surface area contributed by atoms with Gasteiger partial charge in [-0.05, 0) is 12.8 Å². The van der Waals surface area contributed by atoms with Crippen LogP contribution in [0.2, 0.25) is 0 Å². The van der Waals surface area contributed by atoms with E-state index in [-0.39, 0.29) is 27.6 Å². The Balaban J connectivity index is 0.926. The van der Waals surface area contributed by atoms with E-state index in [1.54, 1.807) is 9.80 Å². The van der Waals surface area contributed by atoms with Gasteiger partial charge in [0.2, 0.25) is 0 Å². The molecule has 0 N–H and O–H groups in total. The molecule has 1 aliphatic carbocycles. The van der Waals surface area contributed by atoms with E-state index in [0.29, 0.717) is 51.1 Å². The van der Waals surface area contributed by atoms with Crippen molar-refractivity contribution in [3.05, 3.63) is 30.1 Å². The number of hydrogen-bond donors (Lipinski definition) is 0. The summed E-state index contributed by atoms with van der Waals surface area (Å²) >= 11 is 0. The van der Waals surface area contributed by atoms with Gasteiger partial charge in [-0.3, -0.25) is 4.90 Å². The van der Waals surface area contributed by atoms with E-state index < -0.39 is 18.3 Å². The summed E-state index contributed by atoms with van der Waals surface area (Å²) < 4.78 is 77.3. The Morgan fingerprint density at radius 3 is 2.14 bits per heavy atom. The molecule has 2 aromatic rings. The van der Waals surface area contributed by atoms with Crippen molar-refractivity contribution in [2.24, 2.45) is 10.8 Å². The van der Waals surface area contributed by atoms with E-state index in [1.807, 2.05) is 4.90 Å². The molecule has 9 nitrogen and oxygen atoms in total. The minimum absolute atomic E-state index is 0.00249. The van der Waals surface area contributed by atoms with Crippen LogP contribution < -0.4 is 0 Å². The molecule has 4 aliphatic rings. The highest BCUT2D eigenvalue weighted by atomic mass is 19.4. The first-order valence-electron chi connectivity index (χ1n) is 11.2. The van der Waals surface area contributed by atoms with Gasteiger partial charge in [0.1, 0.15) is 6.33 Å². The lowest BCUT2D eigenvalue weighted by Gasteiger charge is -2.63. The monoisotopic (exact) mass is 504 g/mol. The molecule has 3 aliphatic heterocycles. The molecule has 5 heterocycles. The molecule has 0 radical (unpaired) electrons. The fourth-order valence-corrected chi connectivity index (χ4v) is 6.02. The van der Waals surface area contributed by atoms with Crippen molar-refractivity contribution >= 4 is 6.03 Å². The average molecular weight is 504 g/mol. The van der Waals surface area contributed by atoms with Gasteiger partial charge in [0, 0.05) is 68.4 Å². The third-order valence-corrected chi connectivity index (χ3v) is 7.54. The summed E-state index contributed by atoms with van der Waals surface area (Å²) in [6.45, 7) is 4.24. The summed E-state index contributed by atoms with van der Waals surface area (Å²) in [5.41, 5.74) is 0.444. The molecule has 0 aromatic carbocycles. The molecular weight excluding hydrogens is 482 g/mol. The van der Waals surface area contributed by atoms with Crippen LogP contribution in [0.15, 0.2) is 18.7 Å². The molecule has 4 fully saturated rings. The van der Waals surface area contributed by atoms with Crippen LogP contribution in [0, 0.1) is 10.8 Å². The number of alkyl halides is 6. The molecule has 190 valence electrons. The van der Waals surface area contributed by atoms with Crippen molar-refractivity contribution in [3.8, 4) is 0 Å². The van der Waals surface area contributed by atoms with E-state index >= 15 is 0 Å².